The van der Waals surface area contributed by atoms with Gasteiger partial charge < -0.3 is 21.0 Å². The summed E-state index contributed by atoms with van der Waals surface area (Å²) in [6.45, 7) is 6.39. The summed E-state index contributed by atoms with van der Waals surface area (Å²) >= 11 is 0. The highest BCUT2D eigenvalue weighted by atomic mass is 16.5. The third-order valence-electron chi connectivity index (χ3n) is 4.06. The van der Waals surface area contributed by atoms with Crippen molar-refractivity contribution in [3.8, 4) is 0 Å². The first-order valence-electron chi connectivity index (χ1n) is 6.90. The Labute approximate surface area is 114 Å². The van der Waals surface area contributed by atoms with Gasteiger partial charge in [0.2, 0.25) is 5.91 Å². The molecular weight excluding hydrogens is 246 g/mol. The molecule has 0 aromatic rings. The van der Waals surface area contributed by atoms with Crippen molar-refractivity contribution in [2.24, 2.45) is 16.3 Å². The largest absolute Gasteiger partial charge is 0.409 e. The first-order valence-corrected chi connectivity index (χ1v) is 6.90. The van der Waals surface area contributed by atoms with Gasteiger partial charge in [0.1, 0.15) is 5.41 Å². The van der Waals surface area contributed by atoms with Crippen molar-refractivity contribution in [2.45, 2.75) is 58.6 Å². The number of amidine groups is 1. The molecule has 0 aromatic carbocycles. The SMILES string of the molecule is CCC(CC)(C(=O)NC1CCOC(C)C1)C(N)=NO. The third-order valence-corrected chi connectivity index (χ3v) is 4.06. The second kappa shape index (κ2) is 6.75. The summed E-state index contributed by atoms with van der Waals surface area (Å²) in [5, 5.41) is 14.9. The molecule has 0 aliphatic carbocycles. The Morgan fingerprint density at radius 1 is 1.53 bits per heavy atom. The maximum atomic E-state index is 12.5. The van der Waals surface area contributed by atoms with E-state index in [1.54, 1.807) is 0 Å². The van der Waals surface area contributed by atoms with Crippen molar-refractivity contribution < 1.29 is 14.7 Å². The zero-order valence-corrected chi connectivity index (χ0v) is 12.0. The fourth-order valence-electron chi connectivity index (χ4n) is 2.60. The predicted octanol–water partition coefficient (Wildman–Crippen LogP) is 1.22. The number of ether oxygens (including phenoxy) is 1. The van der Waals surface area contributed by atoms with Gasteiger partial charge >= 0.3 is 0 Å². The fourth-order valence-corrected chi connectivity index (χ4v) is 2.60. The molecule has 1 aliphatic heterocycles. The zero-order chi connectivity index (χ0) is 14.5. The Hall–Kier alpha value is -1.30. The summed E-state index contributed by atoms with van der Waals surface area (Å²) in [5.41, 5.74) is 4.80. The highest BCUT2D eigenvalue weighted by molar-refractivity contribution is 6.06. The summed E-state index contributed by atoms with van der Waals surface area (Å²) in [4.78, 5) is 12.5. The van der Waals surface area contributed by atoms with Gasteiger partial charge in [0, 0.05) is 12.6 Å². The molecule has 1 fully saturated rings. The van der Waals surface area contributed by atoms with Gasteiger partial charge in [-0.3, -0.25) is 4.79 Å². The van der Waals surface area contributed by atoms with E-state index in [9.17, 15) is 4.79 Å². The molecule has 0 saturated carbocycles. The highest BCUT2D eigenvalue weighted by Crippen LogP contribution is 2.28. The second-order valence-electron chi connectivity index (χ2n) is 5.15. The maximum absolute atomic E-state index is 12.5. The molecule has 110 valence electrons. The van der Waals surface area contributed by atoms with Gasteiger partial charge in [0.15, 0.2) is 5.84 Å². The van der Waals surface area contributed by atoms with Crippen LogP contribution in [-0.4, -0.2) is 35.7 Å². The molecule has 0 bridgehead atoms. The summed E-state index contributed by atoms with van der Waals surface area (Å²) < 4.78 is 5.46. The molecule has 2 atom stereocenters. The zero-order valence-electron chi connectivity index (χ0n) is 12.0. The van der Waals surface area contributed by atoms with Crippen LogP contribution >= 0.6 is 0 Å². The number of oxime groups is 1. The number of nitrogens with one attached hydrogen (secondary N) is 1. The lowest BCUT2D eigenvalue weighted by atomic mass is 9.79. The van der Waals surface area contributed by atoms with Crippen molar-refractivity contribution >= 4 is 11.7 Å². The van der Waals surface area contributed by atoms with Gasteiger partial charge in [-0.1, -0.05) is 19.0 Å². The van der Waals surface area contributed by atoms with Crippen LogP contribution in [0, 0.1) is 5.41 Å². The first-order chi connectivity index (χ1) is 9.00. The van der Waals surface area contributed by atoms with Crippen molar-refractivity contribution in [2.75, 3.05) is 6.61 Å². The van der Waals surface area contributed by atoms with E-state index >= 15 is 0 Å². The molecule has 19 heavy (non-hydrogen) atoms. The first kappa shape index (κ1) is 15.8. The Morgan fingerprint density at radius 2 is 2.16 bits per heavy atom. The van der Waals surface area contributed by atoms with Crippen molar-refractivity contribution in [1.82, 2.24) is 5.32 Å². The van der Waals surface area contributed by atoms with Crippen LogP contribution in [0.1, 0.15) is 46.5 Å². The van der Waals surface area contributed by atoms with Crippen LogP contribution < -0.4 is 11.1 Å². The molecule has 2 unspecified atom stereocenters. The molecule has 1 amide bonds. The molecule has 0 aromatic heterocycles. The highest BCUT2D eigenvalue weighted by Gasteiger charge is 2.40. The minimum absolute atomic E-state index is 0.0184. The van der Waals surface area contributed by atoms with Crippen LogP contribution in [-0.2, 0) is 9.53 Å². The van der Waals surface area contributed by atoms with Crippen LogP contribution in [0.2, 0.25) is 0 Å². The number of carbonyl (C=O) groups excluding carboxylic acids is 1. The number of hydrogen-bond donors (Lipinski definition) is 3. The van der Waals surface area contributed by atoms with Gasteiger partial charge in [-0.15, -0.1) is 0 Å². The molecule has 4 N–H and O–H groups in total. The molecule has 1 heterocycles. The monoisotopic (exact) mass is 271 g/mol. The van der Waals surface area contributed by atoms with Crippen LogP contribution in [0.5, 0.6) is 0 Å². The lowest BCUT2D eigenvalue weighted by molar-refractivity contribution is -0.129. The Balaban J connectivity index is 2.78. The van der Waals surface area contributed by atoms with Gasteiger partial charge in [-0.2, -0.15) is 0 Å². The molecule has 0 radical (unpaired) electrons. The van der Waals surface area contributed by atoms with E-state index in [-0.39, 0.29) is 23.9 Å². The van der Waals surface area contributed by atoms with Crippen LogP contribution in [0.3, 0.4) is 0 Å². The molecule has 1 rings (SSSR count). The number of carbonyl (C=O) groups is 1. The Bertz CT molecular complexity index is 340. The van der Waals surface area contributed by atoms with Crippen molar-refractivity contribution in [3.05, 3.63) is 0 Å². The normalized spacial score (nSPS) is 25.1. The number of nitrogens with two attached hydrogens (primary N) is 1. The van der Waals surface area contributed by atoms with E-state index in [0.717, 1.165) is 12.8 Å². The van der Waals surface area contributed by atoms with Gasteiger partial charge in [0.25, 0.3) is 0 Å². The van der Waals surface area contributed by atoms with Gasteiger partial charge in [0.05, 0.1) is 6.10 Å². The Morgan fingerprint density at radius 3 is 2.63 bits per heavy atom. The summed E-state index contributed by atoms with van der Waals surface area (Å²) in [5.74, 6) is -0.179. The molecule has 0 spiro atoms. The molecule has 1 aliphatic rings. The second-order valence-corrected chi connectivity index (χ2v) is 5.15. The average molecular weight is 271 g/mol. The quantitative estimate of drug-likeness (QED) is 0.303. The fraction of sp³-hybridized carbons (Fsp3) is 0.846. The standard InChI is InChI=1S/C13H25N3O3/c1-4-13(5-2,11(14)16-18)12(17)15-10-6-7-19-9(3)8-10/h9-10,18H,4-8H2,1-3H3,(H2,14,16)(H,15,17). The van der Waals surface area contributed by atoms with E-state index in [1.807, 2.05) is 20.8 Å². The number of amides is 1. The summed E-state index contributed by atoms with van der Waals surface area (Å²) in [6.07, 6.45) is 2.76. The van der Waals surface area contributed by atoms with Crippen LogP contribution in [0.4, 0.5) is 0 Å². The molecule has 1 saturated heterocycles. The minimum Gasteiger partial charge on any atom is -0.409 e. The van der Waals surface area contributed by atoms with Crippen molar-refractivity contribution in [1.29, 1.82) is 0 Å². The van der Waals surface area contributed by atoms with E-state index < -0.39 is 5.41 Å². The Kier molecular flexibility index (Phi) is 5.60. The van der Waals surface area contributed by atoms with E-state index in [1.165, 1.54) is 0 Å². The lowest BCUT2D eigenvalue weighted by Crippen LogP contribution is -2.53. The molecule has 6 nitrogen and oxygen atoms in total. The van der Waals surface area contributed by atoms with Gasteiger partial charge in [-0.25, -0.2) is 0 Å². The number of rotatable bonds is 5. The summed E-state index contributed by atoms with van der Waals surface area (Å²) in [7, 11) is 0. The smallest absolute Gasteiger partial charge is 0.234 e. The van der Waals surface area contributed by atoms with Crippen LogP contribution in [0.25, 0.3) is 0 Å². The van der Waals surface area contributed by atoms with Crippen LogP contribution in [0.15, 0.2) is 5.16 Å². The third kappa shape index (κ3) is 3.37. The molecule has 6 heteroatoms. The maximum Gasteiger partial charge on any atom is 0.234 e. The minimum atomic E-state index is -0.920. The molecular formula is C13H25N3O3. The number of hydrogen-bond acceptors (Lipinski definition) is 4. The topological polar surface area (TPSA) is 96.9 Å². The van der Waals surface area contributed by atoms with Gasteiger partial charge in [-0.05, 0) is 32.6 Å². The lowest BCUT2D eigenvalue weighted by Gasteiger charge is -2.33. The predicted molar refractivity (Wildman–Crippen MR) is 73.0 cm³/mol. The van der Waals surface area contributed by atoms with E-state index in [0.29, 0.717) is 19.4 Å². The van der Waals surface area contributed by atoms with E-state index in [2.05, 4.69) is 10.5 Å². The summed E-state index contributed by atoms with van der Waals surface area (Å²) in [6, 6.07) is 0.0974. The number of nitrogens with zero attached hydrogens (tertiary/aromatic N) is 1. The van der Waals surface area contributed by atoms with E-state index in [4.69, 9.17) is 15.7 Å². The van der Waals surface area contributed by atoms with Crippen molar-refractivity contribution in [3.63, 3.8) is 0 Å². The average Bonchev–Trinajstić information content (AvgIpc) is 2.40.